The predicted molar refractivity (Wildman–Crippen MR) is 98.4 cm³/mol. The highest BCUT2D eigenvalue weighted by Crippen LogP contribution is 2.57. The molecule has 4 nitrogen and oxygen atoms in total. The minimum absolute atomic E-state index is 0.120. The van der Waals surface area contributed by atoms with Crippen molar-refractivity contribution in [2.45, 2.75) is 66.2 Å². The lowest BCUT2D eigenvalue weighted by Crippen LogP contribution is -2.07. The number of phosphoric ester groups is 1. The largest absolute Gasteiger partial charge is 0.756 e. The van der Waals surface area contributed by atoms with Crippen LogP contribution in [0.3, 0.4) is 0 Å². The molecule has 0 aliphatic heterocycles. The van der Waals surface area contributed by atoms with Crippen LogP contribution in [0, 0.1) is 0 Å². The van der Waals surface area contributed by atoms with Crippen LogP contribution in [0.2, 0.25) is 0 Å². The molecule has 0 aliphatic rings. The van der Waals surface area contributed by atoms with E-state index < -0.39 is 15.1 Å². The first-order valence-corrected chi connectivity index (χ1v) is 12.9. The molecular weight excluding hydrogens is 318 g/mol. The lowest BCUT2D eigenvalue weighted by Gasteiger charge is -2.22. The number of rotatable bonds is 12. The van der Waals surface area contributed by atoms with Crippen molar-refractivity contribution < 1.29 is 18.5 Å². The third-order valence-electron chi connectivity index (χ3n) is 3.67. The zero-order valence-corrected chi connectivity index (χ0v) is 17.4. The first-order valence-electron chi connectivity index (χ1n) is 8.65. The van der Waals surface area contributed by atoms with Crippen LogP contribution >= 0.6 is 15.1 Å². The summed E-state index contributed by atoms with van der Waals surface area (Å²) in [5.74, 6) is 0. The fourth-order valence-corrected chi connectivity index (χ4v) is 6.50. The summed E-state index contributed by atoms with van der Waals surface area (Å²) in [7, 11) is -3.38. The summed E-state index contributed by atoms with van der Waals surface area (Å²) < 4.78 is 18.3. The Kier molecular flexibility index (Phi) is 17.0. The third-order valence-corrected chi connectivity index (χ3v) is 8.87. The normalized spacial score (nSPS) is 14.1. The van der Waals surface area contributed by atoms with Crippen LogP contribution in [0.5, 0.6) is 0 Å². The van der Waals surface area contributed by atoms with Gasteiger partial charge in [-0.25, -0.2) is 0 Å². The zero-order chi connectivity index (χ0) is 17.5. The number of hydrogen-bond donors (Lipinski definition) is 0. The van der Waals surface area contributed by atoms with Crippen molar-refractivity contribution in [2.75, 3.05) is 38.9 Å². The van der Waals surface area contributed by atoms with Gasteiger partial charge in [0, 0.05) is 21.0 Å². The Bertz CT molecular complexity index is 264. The molecule has 0 aromatic heterocycles. The monoisotopic (exact) mass is 356 g/mol. The summed E-state index contributed by atoms with van der Waals surface area (Å²) in [6.07, 6.45) is 13.2. The molecule has 6 heteroatoms. The molecule has 0 amide bonds. The van der Waals surface area contributed by atoms with Gasteiger partial charge in [0.2, 0.25) is 0 Å². The molecule has 0 saturated heterocycles. The molecular formula is C16H38O4P2. The van der Waals surface area contributed by atoms with Crippen molar-refractivity contribution in [2.24, 2.45) is 0 Å². The molecule has 22 heavy (non-hydrogen) atoms. The van der Waals surface area contributed by atoms with Gasteiger partial charge in [-0.1, -0.05) is 40.0 Å². The van der Waals surface area contributed by atoms with Crippen molar-refractivity contribution >= 4 is 15.1 Å². The molecule has 0 N–H and O–H groups in total. The van der Waals surface area contributed by atoms with Crippen LogP contribution in [0.15, 0.2) is 0 Å². The molecule has 0 rings (SSSR count). The molecule has 1 atom stereocenters. The van der Waals surface area contributed by atoms with E-state index in [1.807, 2.05) is 0 Å². The third kappa shape index (κ3) is 15.4. The smallest absolute Gasteiger partial charge is 0.267 e. The highest BCUT2D eigenvalue weighted by Gasteiger charge is 2.28. The molecule has 0 saturated carbocycles. The van der Waals surface area contributed by atoms with Gasteiger partial charge in [-0.05, 0) is 26.2 Å². The van der Waals surface area contributed by atoms with E-state index in [2.05, 4.69) is 36.5 Å². The van der Waals surface area contributed by atoms with Crippen LogP contribution in [0.4, 0.5) is 0 Å². The van der Waals surface area contributed by atoms with Crippen molar-refractivity contribution in [3.05, 3.63) is 0 Å². The maximum atomic E-state index is 10.2. The average Bonchev–Trinajstić information content (AvgIpc) is 2.50. The Morgan fingerprint density at radius 3 is 1.45 bits per heavy atom. The summed E-state index contributed by atoms with van der Waals surface area (Å²) >= 11 is 0. The van der Waals surface area contributed by atoms with Gasteiger partial charge < -0.3 is 13.9 Å². The Labute approximate surface area is 139 Å². The molecule has 0 aromatic carbocycles. The number of phosphoric acid groups is 1. The van der Waals surface area contributed by atoms with E-state index in [-0.39, 0.29) is 6.61 Å². The second-order valence-electron chi connectivity index (χ2n) is 5.90. The first kappa shape index (κ1) is 24.8. The highest BCUT2D eigenvalue weighted by molar-refractivity contribution is 7.75. The van der Waals surface area contributed by atoms with Crippen molar-refractivity contribution in [1.29, 1.82) is 0 Å². The molecule has 1 unspecified atom stereocenters. The molecule has 0 radical (unpaired) electrons. The maximum Gasteiger partial charge on any atom is 0.267 e. The van der Waals surface area contributed by atoms with E-state index in [1.54, 1.807) is 25.4 Å². The number of hydrogen-bond acceptors (Lipinski definition) is 4. The van der Waals surface area contributed by atoms with E-state index in [0.29, 0.717) is 0 Å². The molecule has 0 bridgehead atoms. The molecule has 0 spiro atoms. The van der Waals surface area contributed by atoms with Crippen LogP contribution < -0.4 is 4.89 Å². The van der Waals surface area contributed by atoms with E-state index >= 15 is 0 Å². The molecule has 0 heterocycles. The second kappa shape index (κ2) is 15.1. The maximum absolute atomic E-state index is 10.2. The van der Waals surface area contributed by atoms with Gasteiger partial charge >= 0.3 is 0 Å². The SMILES string of the molecule is CCCC[P+](C)(CCCC)CCCC.CCOP(=O)([O-])OC. The van der Waals surface area contributed by atoms with Crippen molar-refractivity contribution in [3.63, 3.8) is 0 Å². The quantitative estimate of drug-likeness (QED) is 0.453. The average molecular weight is 356 g/mol. The molecule has 0 aromatic rings. The molecule has 0 aliphatic carbocycles. The Hall–Kier alpha value is 0.540. The summed E-state index contributed by atoms with van der Waals surface area (Å²) in [5, 5.41) is 0. The Balaban J connectivity index is 0. The van der Waals surface area contributed by atoms with Gasteiger partial charge in [-0.15, -0.1) is 0 Å². The van der Waals surface area contributed by atoms with Crippen LogP contribution in [0.25, 0.3) is 0 Å². The summed E-state index contributed by atoms with van der Waals surface area (Å²) in [4.78, 5) is 10.2. The fraction of sp³-hybridized carbons (Fsp3) is 1.00. The van der Waals surface area contributed by atoms with Crippen molar-refractivity contribution in [3.8, 4) is 0 Å². The van der Waals surface area contributed by atoms with Gasteiger partial charge in [-0.2, -0.15) is 0 Å². The number of unbranched alkanes of at least 4 members (excludes halogenated alkanes) is 3. The lowest BCUT2D eigenvalue weighted by molar-refractivity contribution is -0.222. The van der Waals surface area contributed by atoms with Crippen molar-refractivity contribution in [1.82, 2.24) is 0 Å². The van der Waals surface area contributed by atoms with Gasteiger partial charge in [0.25, 0.3) is 7.82 Å². The summed E-state index contributed by atoms with van der Waals surface area (Å²) in [6.45, 7) is 11.3. The minimum atomic E-state index is -3.92. The van der Waals surface area contributed by atoms with Gasteiger partial charge in [0.05, 0.1) is 25.1 Å². The van der Waals surface area contributed by atoms with E-state index in [1.165, 1.54) is 38.5 Å². The molecule has 0 fully saturated rings. The van der Waals surface area contributed by atoms with Gasteiger partial charge in [0.1, 0.15) is 0 Å². The van der Waals surface area contributed by atoms with Gasteiger partial charge in [-0.3, -0.25) is 4.57 Å². The zero-order valence-electron chi connectivity index (χ0n) is 15.6. The predicted octanol–water partition coefficient (Wildman–Crippen LogP) is 5.17. The molecule has 136 valence electrons. The van der Waals surface area contributed by atoms with E-state index in [4.69, 9.17) is 0 Å². The summed E-state index contributed by atoms with van der Waals surface area (Å²) in [6, 6.07) is 0. The Morgan fingerprint density at radius 1 is 0.909 bits per heavy atom. The summed E-state index contributed by atoms with van der Waals surface area (Å²) in [5.41, 5.74) is 0. The van der Waals surface area contributed by atoms with Gasteiger partial charge in [0.15, 0.2) is 0 Å². The van der Waals surface area contributed by atoms with Crippen LogP contribution in [-0.2, 0) is 13.6 Å². The van der Waals surface area contributed by atoms with E-state index in [0.717, 1.165) is 7.11 Å². The van der Waals surface area contributed by atoms with Crippen LogP contribution in [0.1, 0.15) is 66.2 Å². The standard InChI is InChI=1S/C13H30P.C3H9O4P/c1-5-8-11-14(4,12-9-6-2)13-10-7-3;1-3-7-8(4,5)6-2/h5-13H2,1-4H3;3H2,1-2H3,(H,4,5)/q+1;/p-1. The lowest BCUT2D eigenvalue weighted by atomic mass is 10.4. The minimum Gasteiger partial charge on any atom is -0.756 e. The fourth-order valence-electron chi connectivity index (χ4n) is 2.17. The Morgan fingerprint density at radius 2 is 1.27 bits per heavy atom. The first-order chi connectivity index (χ1) is 10.3. The second-order valence-corrected chi connectivity index (χ2v) is 12.0. The van der Waals surface area contributed by atoms with E-state index in [9.17, 15) is 9.46 Å². The van der Waals surface area contributed by atoms with Crippen LogP contribution in [-0.4, -0.2) is 38.9 Å². The highest BCUT2D eigenvalue weighted by atomic mass is 31.2. The topological polar surface area (TPSA) is 58.6 Å².